The summed E-state index contributed by atoms with van der Waals surface area (Å²) < 4.78 is 21.4. The monoisotopic (exact) mass is 242 g/mol. The number of hydrogen-bond donors (Lipinski definition) is 2. The lowest BCUT2D eigenvalue weighted by atomic mass is 10.0. The van der Waals surface area contributed by atoms with Gasteiger partial charge in [-0.25, -0.2) is 13.6 Å². The molecular weight excluding hydrogens is 224 g/mol. The predicted molar refractivity (Wildman–Crippen MR) is 67.0 cm³/mol. The van der Waals surface area contributed by atoms with Crippen LogP contribution in [0.2, 0.25) is 0 Å². The van der Waals surface area contributed by atoms with E-state index in [0.717, 1.165) is 5.69 Å². The summed E-state index contributed by atoms with van der Waals surface area (Å²) in [5.74, 6) is 0.442. The second-order valence-electron chi connectivity index (χ2n) is 4.07. The molecule has 0 saturated carbocycles. The number of sulfonamides is 1. The largest absolute Gasteiger partial charge is 0.384 e. The van der Waals surface area contributed by atoms with Gasteiger partial charge in [0, 0.05) is 12.2 Å². The zero-order chi connectivity index (χ0) is 12.2. The maximum absolute atomic E-state index is 10.7. The van der Waals surface area contributed by atoms with Crippen molar-refractivity contribution in [2.75, 3.05) is 17.6 Å². The first kappa shape index (κ1) is 13.0. The van der Waals surface area contributed by atoms with Gasteiger partial charge in [0.05, 0.1) is 5.75 Å². The van der Waals surface area contributed by atoms with Gasteiger partial charge in [-0.3, -0.25) is 0 Å². The van der Waals surface area contributed by atoms with Crippen LogP contribution < -0.4 is 10.5 Å². The lowest BCUT2D eigenvalue weighted by Crippen LogP contribution is -2.22. The van der Waals surface area contributed by atoms with Gasteiger partial charge in [0.15, 0.2) is 0 Å². The van der Waals surface area contributed by atoms with Gasteiger partial charge in [0.25, 0.3) is 0 Å². The number of nitrogens with one attached hydrogen (secondary N) is 1. The Labute approximate surface area is 96.9 Å². The summed E-state index contributed by atoms with van der Waals surface area (Å²) in [5.41, 5.74) is 2.17. The molecule has 0 unspecified atom stereocenters. The molecule has 0 aliphatic rings. The van der Waals surface area contributed by atoms with Crippen LogP contribution >= 0.6 is 0 Å². The van der Waals surface area contributed by atoms with E-state index >= 15 is 0 Å². The Hall–Kier alpha value is -1.07. The maximum atomic E-state index is 10.7. The van der Waals surface area contributed by atoms with Crippen LogP contribution in [-0.4, -0.2) is 20.7 Å². The van der Waals surface area contributed by atoms with Crippen molar-refractivity contribution >= 4 is 15.7 Å². The number of hydrogen-bond acceptors (Lipinski definition) is 3. The molecule has 0 spiro atoms. The van der Waals surface area contributed by atoms with Crippen LogP contribution in [0.25, 0.3) is 0 Å². The SMILES string of the molecule is CC(C)c1ccc(NCCS(N)(=O)=O)cc1. The molecule has 1 rings (SSSR count). The normalized spacial score (nSPS) is 11.8. The molecule has 5 heteroatoms. The molecule has 4 nitrogen and oxygen atoms in total. The predicted octanol–water partition coefficient (Wildman–Crippen LogP) is 1.51. The second kappa shape index (κ2) is 5.32. The number of benzene rings is 1. The molecule has 0 amide bonds. The van der Waals surface area contributed by atoms with Gasteiger partial charge in [-0.15, -0.1) is 0 Å². The second-order valence-corrected chi connectivity index (χ2v) is 5.80. The van der Waals surface area contributed by atoms with E-state index in [1.165, 1.54) is 5.56 Å². The Kier molecular flexibility index (Phi) is 4.32. The Balaban J connectivity index is 2.50. The minimum Gasteiger partial charge on any atom is -0.384 e. The number of nitrogens with two attached hydrogens (primary N) is 1. The smallest absolute Gasteiger partial charge is 0.210 e. The van der Waals surface area contributed by atoms with E-state index in [4.69, 9.17) is 5.14 Å². The lowest BCUT2D eigenvalue weighted by Gasteiger charge is -2.08. The van der Waals surface area contributed by atoms with Crippen LogP contribution in [0.5, 0.6) is 0 Å². The molecule has 1 aromatic rings. The summed E-state index contributed by atoms with van der Waals surface area (Å²) in [4.78, 5) is 0. The molecule has 1 aromatic carbocycles. The molecule has 0 aliphatic heterocycles. The van der Waals surface area contributed by atoms with E-state index in [0.29, 0.717) is 12.5 Å². The molecule has 0 aliphatic carbocycles. The average molecular weight is 242 g/mol. The van der Waals surface area contributed by atoms with Gasteiger partial charge in [-0.05, 0) is 23.6 Å². The van der Waals surface area contributed by atoms with Crippen molar-refractivity contribution in [2.45, 2.75) is 19.8 Å². The van der Waals surface area contributed by atoms with Crippen LogP contribution in [0.15, 0.2) is 24.3 Å². The zero-order valence-electron chi connectivity index (χ0n) is 9.60. The van der Waals surface area contributed by atoms with Gasteiger partial charge < -0.3 is 5.32 Å². The number of primary sulfonamides is 1. The molecule has 0 heterocycles. The van der Waals surface area contributed by atoms with E-state index in [-0.39, 0.29) is 5.75 Å². The molecule has 0 atom stereocenters. The third-order valence-electron chi connectivity index (χ3n) is 2.29. The van der Waals surface area contributed by atoms with Gasteiger partial charge in [-0.1, -0.05) is 26.0 Å². The molecule has 16 heavy (non-hydrogen) atoms. The van der Waals surface area contributed by atoms with Crippen LogP contribution in [0.1, 0.15) is 25.3 Å². The summed E-state index contributed by atoms with van der Waals surface area (Å²) in [6.07, 6.45) is 0. The van der Waals surface area contributed by atoms with Crippen molar-refractivity contribution < 1.29 is 8.42 Å². The minimum absolute atomic E-state index is 0.0566. The minimum atomic E-state index is -3.38. The zero-order valence-corrected chi connectivity index (χ0v) is 10.4. The maximum Gasteiger partial charge on any atom is 0.210 e. The summed E-state index contributed by atoms with van der Waals surface area (Å²) in [6, 6.07) is 7.95. The average Bonchev–Trinajstić information content (AvgIpc) is 2.16. The fourth-order valence-electron chi connectivity index (χ4n) is 1.32. The quantitative estimate of drug-likeness (QED) is 0.822. The van der Waals surface area contributed by atoms with E-state index in [9.17, 15) is 8.42 Å². The first-order valence-electron chi connectivity index (χ1n) is 5.23. The van der Waals surface area contributed by atoms with E-state index < -0.39 is 10.0 Å². The molecular formula is C11H18N2O2S. The number of anilines is 1. The van der Waals surface area contributed by atoms with Gasteiger partial charge in [-0.2, -0.15) is 0 Å². The van der Waals surface area contributed by atoms with Crippen molar-refractivity contribution in [3.05, 3.63) is 29.8 Å². The fraction of sp³-hybridized carbons (Fsp3) is 0.455. The third-order valence-corrected chi connectivity index (χ3v) is 3.07. The van der Waals surface area contributed by atoms with E-state index in [1.807, 2.05) is 24.3 Å². The highest BCUT2D eigenvalue weighted by Gasteiger charge is 2.02. The van der Waals surface area contributed by atoms with Crippen LogP contribution in [0, 0.1) is 0 Å². The van der Waals surface area contributed by atoms with Gasteiger partial charge in [0.1, 0.15) is 0 Å². The third kappa shape index (κ3) is 4.63. The molecule has 0 fully saturated rings. The summed E-state index contributed by atoms with van der Waals surface area (Å²) >= 11 is 0. The Bertz CT molecular complexity index is 424. The Morgan fingerprint density at radius 1 is 1.25 bits per heavy atom. The van der Waals surface area contributed by atoms with Crippen molar-refractivity contribution in [3.63, 3.8) is 0 Å². The summed E-state index contributed by atoms with van der Waals surface area (Å²) in [6.45, 7) is 4.59. The van der Waals surface area contributed by atoms with Crippen molar-refractivity contribution in [3.8, 4) is 0 Å². The Morgan fingerprint density at radius 2 is 1.81 bits per heavy atom. The van der Waals surface area contributed by atoms with Crippen molar-refractivity contribution in [1.82, 2.24) is 0 Å². The molecule has 0 aromatic heterocycles. The van der Waals surface area contributed by atoms with Crippen LogP contribution in [-0.2, 0) is 10.0 Å². The van der Waals surface area contributed by atoms with Crippen molar-refractivity contribution in [2.24, 2.45) is 5.14 Å². The highest BCUT2D eigenvalue weighted by Crippen LogP contribution is 2.16. The molecule has 0 saturated heterocycles. The molecule has 0 bridgehead atoms. The lowest BCUT2D eigenvalue weighted by molar-refractivity contribution is 0.598. The standard InChI is InChI=1S/C11H18N2O2S/c1-9(2)10-3-5-11(6-4-10)13-7-8-16(12,14)15/h3-6,9,13H,7-8H2,1-2H3,(H2,12,14,15). The topological polar surface area (TPSA) is 72.2 Å². The summed E-state index contributed by atoms with van der Waals surface area (Å²) in [7, 11) is -3.38. The van der Waals surface area contributed by atoms with Crippen molar-refractivity contribution in [1.29, 1.82) is 0 Å². The first-order chi connectivity index (χ1) is 7.38. The van der Waals surface area contributed by atoms with Crippen LogP contribution in [0.4, 0.5) is 5.69 Å². The van der Waals surface area contributed by atoms with E-state index in [2.05, 4.69) is 19.2 Å². The molecule has 0 radical (unpaired) electrons. The fourth-order valence-corrected chi connectivity index (χ4v) is 1.71. The van der Waals surface area contributed by atoms with Gasteiger partial charge in [0.2, 0.25) is 10.0 Å². The summed E-state index contributed by atoms with van der Waals surface area (Å²) in [5, 5.41) is 7.90. The van der Waals surface area contributed by atoms with Gasteiger partial charge >= 0.3 is 0 Å². The van der Waals surface area contributed by atoms with Crippen LogP contribution in [0.3, 0.4) is 0 Å². The highest BCUT2D eigenvalue weighted by molar-refractivity contribution is 7.89. The Morgan fingerprint density at radius 3 is 2.25 bits per heavy atom. The molecule has 90 valence electrons. The van der Waals surface area contributed by atoms with E-state index in [1.54, 1.807) is 0 Å². The highest BCUT2D eigenvalue weighted by atomic mass is 32.2. The first-order valence-corrected chi connectivity index (χ1v) is 6.94. The molecule has 3 N–H and O–H groups in total. The number of rotatable bonds is 5.